The molecule has 0 radical (unpaired) electrons. The maximum Gasteiger partial charge on any atom is 0.329 e. The van der Waals surface area contributed by atoms with E-state index in [9.17, 15) is 19.8 Å². The summed E-state index contributed by atoms with van der Waals surface area (Å²) in [6, 6.07) is 4.58. The van der Waals surface area contributed by atoms with Crippen molar-refractivity contribution in [1.82, 2.24) is 4.90 Å². The molecule has 0 spiro atoms. The average Bonchev–Trinajstić information content (AvgIpc) is 2.83. The van der Waals surface area contributed by atoms with E-state index in [-0.39, 0.29) is 11.3 Å². The van der Waals surface area contributed by atoms with Gasteiger partial charge in [0.05, 0.1) is 5.56 Å². The molecular weight excluding hydrogens is 326 g/mol. The van der Waals surface area contributed by atoms with Crippen molar-refractivity contribution < 1.29 is 19.8 Å². The van der Waals surface area contributed by atoms with Crippen LogP contribution in [-0.4, -0.2) is 39.1 Å². The predicted octanol–water partition coefficient (Wildman–Crippen LogP) is 2.62. The van der Waals surface area contributed by atoms with Crippen LogP contribution in [0.4, 0.5) is 0 Å². The number of benzene rings is 1. The number of carboxylic acid groups (broad SMARTS) is 1. The van der Waals surface area contributed by atoms with Gasteiger partial charge in [0.25, 0.3) is 5.91 Å². The molecule has 1 heterocycles. The van der Waals surface area contributed by atoms with Crippen molar-refractivity contribution in [3.63, 3.8) is 0 Å². The Hall–Kier alpha value is -1.56. The molecule has 1 aromatic rings. The number of nitrogens with zero attached hydrogens (tertiary/aromatic N) is 1. The standard InChI is InChI=1S/C14H16BrNO4/c1-2-14(13(19)20)6-3-7-16(14)12(18)10-5-4-9(15)8-11(10)17/h4-5,8,17H,2-3,6-7H2,1H3,(H,19,20). The number of aliphatic carboxylic acids is 1. The second-order valence-corrected chi connectivity index (χ2v) is 5.83. The normalized spacial score (nSPS) is 22.0. The van der Waals surface area contributed by atoms with Crippen LogP contribution >= 0.6 is 15.9 Å². The minimum atomic E-state index is -1.16. The summed E-state index contributed by atoms with van der Waals surface area (Å²) in [5.74, 6) is -1.56. The topological polar surface area (TPSA) is 77.8 Å². The van der Waals surface area contributed by atoms with Gasteiger partial charge in [-0.05, 0) is 37.5 Å². The van der Waals surface area contributed by atoms with Crippen LogP contribution in [0, 0.1) is 0 Å². The lowest BCUT2D eigenvalue weighted by Crippen LogP contribution is -2.52. The molecule has 1 saturated heterocycles. The first-order valence-electron chi connectivity index (χ1n) is 6.46. The van der Waals surface area contributed by atoms with Crippen LogP contribution in [0.2, 0.25) is 0 Å². The molecule has 5 nitrogen and oxygen atoms in total. The second-order valence-electron chi connectivity index (χ2n) is 4.91. The van der Waals surface area contributed by atoms with Crippen LogP contribution in [0.3, 0.4) is 0 Å². The molecule has 0 aromatic heterocycles. The van der Waals surface area contributed by atoms with E-state index in [1.54, 1.807) is 13.0 Å². The number of phenolic OH excluding ortho intramolecular Hbond substituents is 1. The van der Waals surface area contributed by atoms with Crippen LogP contribution in [0.5, 0.6) is 5.75 Å². The lowest BCUT2D eigenvalue weighted by atomic mass is 9.92. The lowest BCUT2D eigenvalue weighted by molar-refractivity contribution is -0.148. The fourth-order valence-electron chi connectivity index (χ4n) is 2.75. The number of amides is 1. The molecule has 108 valence electrons. The van der Waals surface area contributed by atoms with E-state index in [0.717, 1.165) is 0 Å². The minimum Gasteiger partial charge on any atom is -0.507 e. The average molecular weight is 342 g/mol. The molecular formula is C14H16BrNO4. The van der Waals surface area contributed by atoms with Crippen LogP contribution in [0.25, 0.3) is 0 Å². The van der Waals surface area contributed by atoms with E-state index >= 15 is 0 Å². The number of carboxylic acids is 1. The predicted molar refractivity (Wildman–Crippen MR) is 76.7 cm³/mol. The molecule has 1 aliphatic heterocycles. The minimum absolute atomic E-state index is 0.133. The summed E-state index contributed by atoms with van der Waals surface area (Å²) in [6.45, 7) is 2.16. The van der Waals surface area contributed by atoms with E-state index in [2.05, 4.69) is 15.9 Å². The Morgan fingerprint density at radius 1 is 1.45 bits per heavy atom. The van der Waals surface area contributed by atoms with Crippen LogP contribution in [0.1, 0.15) is 36.5 Å². The molecule has 2 N–H and O–H groups in total. The summed E-state index contributed by atoms with van der Waals surface area (Å²) in [5.41, 5.74) is -1.02. The molecule has 6 heteroatoms. The number of halogens is 1. The molecule has 1 amide bonds. The summed E-state index contributed by atoms with van der Waals surface area (Å²) in [5, 5.41) is 19.4. The Bertz CT molecular complexity index is 560. The van der Waals surface area contributed by atoms with Crippen LogP contribution in [-0.2, 0) is 4.79 Å². The lowest BCUT2D eigenvalue weighted by Gasteiger charge is -2.34. The highest BCUT2D eigenvalue weighted by molar-refractivity contribution is 9.10. The quantitative estimate of drug-likeness (QED) is 0.885. The second kappa shape index (κ2) is 5.44. The number of likely N-dealkylation sites (tertiary alicyclic amines) is 1. The maximum absolute atomic E-state index is 12.5. The summed E-state index contributed by atoms with van der Waals surface area (Å²) < 4.78 is 0.660. The Morgan fingerprint density at radius 3 is 2.70 bits per heavy atom. The van der Waals surface area contributed by atoms with Crippen molar-refractivity contribution in [2.24, 2.45) is 0 Å². The first-order valence-corrected chi connectivity index (χ1v) is 7.25. The molecule has 0 bridgehead atoms. The Morgan fingerprint density at radius 2 is 2.15 bits per heavy atom. The third kappa shape index (κ3) is 2.28. The third-order valence-corrected chi connectivity index (χ3v) is 4.40. The zero-order chi connectivity index (χ0) is 14.9. The van der Waals surface area contributed by atoms with E-state index in [0.29, 0.717) is 30.3 Å². The van der Waals surface area contributed by atoms with Crippen molar-refractivity contribution in [3.8, 4) is 5.75 Å². The zero-order valence-corrected chi connectivity index (χ0v) is 12.7. The first kappa shape index (κ1) is 14.8. The number of hydrogen-bond acceptors (Lipinski definition) is 3. The van der Waals surface area contributed by atoms with E-state index in [4.69, 9.17) is 0 Å². The highest BCUT2D eigenvalue weighted by Gasteiger charge is 2.48. The summed E-state index contributed by atoms with van der Waals surface area (Å²) in [6.07, 6.45) is 1.45. The Labute approximate surface area is 125 Å². The number of aromatic hydroxyl groups is 1. The van der Waals surface area contributed by atoms with Crippen molar-refractivity contribution in [1.29, 1.82) is 0 Å². The molecule has 1 fully saturated rings. The van der Waals surface area contributed by atoms with Gasteiger partial charge in [-0.2, -0.15) is 0 Å². The van der Waals surface area contributed by atoms with Gasteiger partial charge in [0.2, 0.25) is 0 Å². The van der Waals surface area contributed by atoms with Gasteiger partial charge in [0, 0.05) is 11.0 Å². The summed E-state index contributed by atoms with van der Waals surface area (Å²) in [4.78, 5) is 25.5. The smallest absolute Gasteiger partial charge is 0.329 e. The molecule has 2 rings (SSSR count). The van der Waals surface area contributed by atoms with E-state index in [1.807, 2.05) is 0 Å². The van der Waals surface area contributed by atoms with Crippen molar-refractivity contribution in [3.05, 3.63) is 28.2 Å². The molecule has 1 atom stereocenters. The molecule has 1 unspecified atom stereocenters. The Balaban J connectivity index is 2.39. The molecule has 0 saturated carbocycles. The zero-order valence-electron chi connectivity index (χ0n) is 11.1. The van der Waals surface area contributed by atoms with Crippen molar-refractivity contribution in [2.45, 2.75) is 31.7 Å². The SMILES string of the molecule is CCC1(C(=O)O)CCCN1C(=O)c1ccc(Br)cc1O. The van der Waals surface area contributed by atoms with Gasteiger partial charge in [0.1, 0.15) is 11.3 Å². The first-order chi connectivity index (χ1) is 9.42. The maximum atomic E-state index is 12.5. The molecule has 1 aromatic carbocycles. The van der Waals surface area contributed by atoms with Crippen molar-refractivity contribution in [2.75, 3.05) is 6.54 Å². The van der Waals surface area contributed by atoms with Gasteiger partial charge in [-0.25, -0.2) is 4.79 Å². The van der Waals surface area contributed by atoms with Gasteiger partial charge in [-0.3, -0.25) is 4.79 Å². The van der Waals surface area contributed by atoms with E-state index < -0.39 is 17.4 Å². The summed E-state index contributed by atoms with van der Waals surface area (Å²) in [7, 11) is 0. The van der Waals surface area contributed by atoms with Crippen LogP contribution in [0.15, 0.2) is 22.7 Å². The highest BCUT2D eigenvalue weighted by Crippen LogP contribution is 2.35. The number of rotatable bonds is 3. The monoisotopic (exact) mass is 341 g/mol. The van der Waals surface area contributed by atoms with Gasteiger partial charge in [-0.15, -0.1) is 0 Å². The van der Waals surface area contributed by atoms with E-state index in [1.165, 1.54) is 17.0 Å². The van der Waals surface area contributed by atoms with Crippen molar-refractivity contribution >= 4 is 27.8 Å². The number of hydrogen-bond donors (Lipinski definition) is 2. The molecule has 1 aliphatic rings. The van der Waals surface area contributed by atoms with Gasteiger partial charge in [-0.1, -0.05) is 22.9 Å². The Kier molecular flexibility index (Phi) is 4.04. The fourth-order valence-corrected chi connectivity index (χ4v) is 3.10. The number of phenols is 1. The van der Waals surface area contributed by atoms with Gasteiger partial charge in [0.15, 0.2) is 0 Å². The molecule has 0 aliphatic carbocycles. The molecule has 20 heavy (non-hydrogen) atoms. The summed E-state index contributed by atoms with van der Waals surface area (Å²) >= 11 is 3.21. The number of carbonyl (C=O) groups is 2. The highest BCUT2D eigenvalue weighted by atomic mass is 79.9. The number of carbonyl (C=O) groups excluding carboxylic acids is 1. The van der Waals surface area contributed by atoms with Crippen LogP contribution < -0.4 is 0 Å². The van der Waals surface area contributed by atoms with Gasteiger partial charge < -0.3 is 15.1 Å². The largest absolute Gasteiger partial charge is 0.507 e. The van der Waals surface area contributed by atoms with Gasteiger partial charge >= 0.3 is 5.97 Å². The fraction of sp³-hybridized carbons (Fsp3) is 0.429. The third-order valence-electron chi connectivity index (χ3n) is 3.91.